The molecule has 1 aromatic carbocycles. The zero-order chi connectivity index (χ0) is 8.97. The van der Waals surface area contributed by atoms with Gasteiger partial charge in [0, 0.05) is 12.1 Å². The lowest BCUT2D eigenvalue weighted by atomic mass is 10.3. The lowest BCUT2D eigenvalue weighted by Gasteiger charge is -2.15. The Balaban J connectivity index is 2.77. The highest BCUT2D eigenvalue weighted by molar-refractivity contribution is 5.35. The normalized spacial score (nSPS) is 12.6. The summed E-state index contributed by atoms with van der Waals surface area (Å²) in [5.74, 6) is 8.12. The van der Waals surface area contributed by atoms with E-state index in [0.29, 0.717) is 0 Å². The molecule has 12 heavy (non-hydrogen) atoms. The van der Waals surface area contributed by atoms with Gasteiger partial charge < -0.3 is 10.6 Å². The van der Waals surface area contributed by atoms with Gasteiger partial charge in [-0.3, -0.25) is 0 Å². The van der Waals surface area contributed by atoms with E-state index in [1.54, 1.807) is 31.4 Å². The number of methoxy groups -OCH3 is 1. The maximum atomic E-state index is 7.34. The Morgan fingerprint density at radius 1 is 1.17 bits per heavy atom. The van der Waals surface area contributed by atoms with Gasteiger partial charge in [-0.1, -0.05) is 0 Å². The Labute approximate surface area is 71.4 Å². The molecular formula is C8H12N2O2. The molecular weight excluding hydrogens is 156 g/mol. The smallest absolute Gasteiger partial charge is 0.153 e. The molecule has 0 saturated heterocycles. The Bertz CT molecular complexity index is 235. The molecule has 0 aliphatic rings. The molecule has 4 heteroatoms. The second-order valence-corrected chi connectivity index (χ2v) is 2.26. The molecule has 1 aromatic rings. The number of benzene rings is 1. The third-order valence-electron chi connectivity index (χ3n) is 1.56. The van der Waals surface area contributed by atoms with E-state index in [0.717, 1.165) is 11.4 Å². The molecule has 2 N–H and O–H groups in total. The van der Waals surface area contributed by atoms with Gasteiger partial charge in [0.15, 0.2) is 5.69 Å². The molecule has 0 heterocycles. The lowest BCUT2D eigenvalue weighted by molar-refractivity contribution is -0.992. The summed E-state index contributed by atoms with van der Waals surface area (Å²) in [6, 6.07) is 7.15. The predicted molar refractivity (Wildman–Crippen MR) is 44.9 cm³/mol. The van der Waals surface area contributed by atoms with Crippen molar-refractivity contribution in [3.05, 3.63) is 30.1 Å². The molecule has 0 fully saturated rings. The topological polar surface area (TPSA) is 46.7 Å². The van der Waals surface area contributed by atoms with Crippen LogP contribution in [-0.2, 0) is 4.84 Å². The predicted octanol–water partition coefficient (Wildman–Crippen LogP) is 0.740. The third kappa shape index (κ3) is 1.94. The first kappa shape index (κ1) is 8.99. The number of hydrogen-bond acceptors (Lipinski definition) is 2. The molecule has 1 unspecified atom stereocenters. The molecule has 1 rings (SSSR count). The third-order valence-corrected chi connectivity index (χ3v) is 1.56. The molecule has 0 aliphatic heterocycles. The highest BCUT2D eigenvalue weighted by Gasteiger charge is 1.99. The second-order valence-electron chi connectivity index (χ2n) is 2.26. The van der Waals surface area contributed by atoms with Gasteiger partial charge in [0.2, 0.25) is 0 Å². The minimum atomic E-state index is 0.164. The molecule has 0 amide bonds. The van der Waals surface area contributed by atoms with E-state index in [2.05, 4.69) is 0 Å². The minimum absolute atomic E-state index is 0.164. The summed E-state index contributed by atoms with van der Waals surface area (Å²) in [5.41, 5.74) is 0.748. The SMILES string of the molecule is COc1ccc([NH+]([NH-])OC)cc1. The van der Waals surface area contributed by atoms with Gasteiger partial charge in [0.1, 0.15) is 5.75 Å². The van der Waals surface area contributed by atoms with Crippen LogP contribution in [-0.4, -0.2) is 14.2 Å². The van der Waals surface area contributed by atoms with Crippen molar-refractivity contribution in [3.63, 3.8) is 0 Å². The van der Waals surface area contributed by atoms with Crippen LogP contribution in [0.4, 0.5) is 5.69 Å². The number of ether oxygens (including phenoxy) is 1. The quantitative estimate of drug-likeness (QED) is 0.676. The highest BCUT2D eigenvalue weighted by Crippen LogP contribution is 2.11. The first-order chi connectivity index (χ1) is 5.77. The fourth-order valence-corrected chi connectivity index (χ4v) is 0.860. The van der Waals surface area contributed by atoms with Crippen molar-refractivity contribution in [2.24, 2.45) is 0 Å². The van der Waals surface area contributed by atoms with Crippen molar-refractivity contribution >= 4 is 5.69 Å². The number of nitrogens with one attached hydrogen (secondary N) is 2. The van der Waals surface area contributed by atoms with Crippen LogP contribution < -0.4 is 9.91 Å². The van der Waals surface area contributed by atoms with Crippen LogP contribution >= 0.6 is 0 Å². The van der Waals surface area contributed by atoms with Crippen molar-refractivity contribution in [2.45, 2.75) is 0 Å². The fraction of sp³-hybridized carbons (Fsp3) is 0.250. The van der Waals surface area contributed by atoms with E-state index in [-0.39, 0.29) is 5.17 Å². The van der Waals surface area contributed by atoms with Crippen LogP contribution in [0, 0.1) is 0 Å². The van der Waals surface area contributed by atoms with Crippen LogP contribution in [0.15, 0.2) is 24.3 Å². The minimum Gasteiger partial charge on any atom is -0.497 e. The van der Waals surface area contributed by atoms with Crippen molar-refractivity contribution < 1.29 is 14.7 Å². The van der Waals surface area contributed by atoms with E-state index in [4.69, 9.17) is 15.4 Å². The number of hydrogen-bond donors (Lipinski definition) is 1. The summed E-state index contributed by atoms with van der Waals surface area (Å²) in [4.78, 5) is 4.75. The Morgan fingerprint density at radius 3 is 2.17 bits per heavy atom. The summed E-state index contributed by atoms with van der Waals surface area (Å²) in [6.07, 6.45) is 0. The fourth-order valence-electron chi connectivity index (χ4n) is 0.860. The van der Waals surface area contributed by atoms with Gasteiger partial charge in [-0.2, -0.15) is 0 Å². The monoisotopic (exact) mass is 168 g/mol. The summed E-state index contributed by atoms with van der Waals surface area (Å²) in [5, 5.41) is 0.164. The molecule has 0 saturated carbocycles. The Hall–Kier alpha value is -1.10. The summed E-state index contributed by atoms with van der Waals surface area (Å²) < 4.78 is 4.97. The summed E-state index contributed by atoms with van der Waals surface area (Å²) >= 11 is 0. The molecule has 0 radical (unpaired) electrons. The molecule has 0 bridgehead atoms. The van der Waals surface area contributed by atoms with E-state index in [1.165, 1.54) is 7.11 Å². The lowest BCUT2D eigenvalue weighted by Crippen LogP contribution is -2.98. The van der Waals surface area contributed by atoms with Crippen molar-refractivity contribution in [1.29, 1.82) is 0 Å². The first-order valence-corrected chi connectivity index (χ1v) is 3.55. The average molecular weight is 168 g/mol. The number of quaternary nitrogens is 1. The van der Waals surface area contributed by atoms with Crippen LogP contribution in [0.5, 0.6) is 5.75 Å². The van der Waals surface area contributed by atoms with Crippen molar-refractivity contribution in [1.82, 2.24) is 0 Å². The maximum Gasteiger partial charge on any atom is 0.153 e. The van der Waals surface area contributed by atoms with Gasteiger partial charge in [-0.05, 0) is 12.1 Å². The molecule has 0 aliphatic carbocycles. The van der Waals surface area contributed by atoms with Gasteiger partial charge in [-0.15, -0.1) is 0 Å². The number of rotatable bonds is 3. The first-order valence-electron chi connectivity index (χ1n) is 3.55. The zero-order valence-electron chi connectivity index (χ0n) is 7.13. The van der Waals surface area contributed by atoms with E-state index < -0.39 is 0 Å². The Morgan fingerprint density at radius 2 is 1.75 bits per heavy atom. The van der Waals surface area contributed by atoms with Crippen molar-refractivity contribution in [2.75, 3.05) is 14.2 Å². The van der Waals surface area contributed by atoms with Gasteiger partial charge in [-0.25, -0.2) is 10.0 Å². The van der Waals surface area contributed by atoms with Crippen LogP contribution in [0.25, 0.3) is 5.84 Å². The molecule has 4 nitrogen and oxygen atoms in total. The highest BCUT2D eigenvalue weighted by atomic mass is 16.7. The molecule has 66 valence electrons. The van der Waals surface area contributed by atoms with Gasteiger partial charge >= 0.3 is 0 Å². The maximum absolute atomic E-state index is 7.34. The summed E-state index contributed by atoms with van der Waals surface area (Å²) in [6.45, 7) is 0. The Kier molecular flexibility index (Phi) is 3.04. The standard InChI is InChI=1S/C8H12N2O2/c1-11-8-5-3-7(4-6-8)10(9)12-2/h3-6,9-10H,1-2H3. The van der Waals surface area contributed by atoms with Gasteiger partial charge in [0.25, 0.3) is 0 Å². The molecule has 1 atom stereocenters. The van der Waals surface area contributed by atoms with E-state index in [1.807, 2.05) is 0 Å². The van der Waals surface area contributed by atoms with Crippen molar-refractivity contribution in [3.8, 4) is 5.75 Å². The summed E-state index contributed by atoms with van der Waals surface area (Å²) in [7, 11) is 3.09. The van der Waals surface area contributed by atoms with Crippen LogP contribution in [0.2, 0.25) is 0 Å². The average Bonchev–Trinajstić information content (AvgIpc) is 2.17. The van der Waals surface area contributed by atoms with Gasteiger partial charge in [0.05, 0.1) is 14.2 Å². The van der Waals surface area contributed by atoms with E-state index in [9.17, 15) is 0 Å². The van der Waals surface area contributed by atoms with Crippen LogP contribution in [0.1, 0.15) is 0 Å². The second kappa shape index (κ2) is 4.06. The van der Waals surface area contributed by atoms with E-state index >= 15 is 0 Å². The molecule has 0 aromatic heterocycles. The van der Waals surface area contributed by atoms with Crippen LogP contribution in [0.3, 0.4) is 0 Å². The largest absolute Gasteiger partial charge is 0.497 e. The zero-order valence-corrected chi connectivity index (χ0v) is 7.13. The molecule has 0 spiro atoms.